The molecule has 0 N–H and O–H groups in total. The van der Waals surface area contributed by atoms with E-state index in [2.05, 4.69) is 132 Å². The van der Waals surface area contributed by atoms with Crippen LogP contribution < -0.4 is 0 Å². The maximum Gasteiger partial charge on any atom is 0.135 e. The Labute approximate surface area is 302 Å². The second-order valence-electron chi connectivity index (χ2n) is 12.6. The molecule has 0 aliphatic rings. The summed E-state index contributed by atoms with van der Waals surface area (Å²) in [6.45, 7) is 4.00. The van der Waals surface area contributed by atoms with Crippen molar-refractivity contribution in [1.29, 1.82) is 0 Å². The van der Waals surface area contributed by atoms with Gasteiger partial charge in [-0.25, -0.2) is 0 Å². The second kappa shape index (κ2) is 13.2. The molecule has 0 unspecified atom stereocenters. The van der Waals surface area contributed by atoms with Crippen LogP contribution in [-0.2, 0) is 0 Å². The number of fused-ring (bicyclic) bond motifs is 6. The van der Waals surface area contributed by atoms with Crippen LogP contribution in [0.2, 0.25) is 0 Å². The van der Waals surface area contributed by atoms with Crippen LogP contribution in [0, 0.1) is 0 Å². The Bertz CT molecular complexity index is 2730. The van der Waals surface area contributed by atoms with E-state index in [4.69, 9.17) is 14.4 Å². The van der Waals surface area contributed by atoms with Crippen molar-refractivity contribution in [2.24, 2.45) is 0 Å². The molecule has 4 aromatic heterocycles. The summed E-state index contributed by atoms with van der Waals surface area (Å²) in [5.41, 5.74) is 13.9. The zero-order valence-corrected chi connectivity index (χ0v) is 29.0. The third kappa shape index (κ3) is 5.24. The van der Waals surface area contributed by atoms with Gasteiger partial charge in [-0.1, -0.05) is 105 Å². The molecular weight excluding hydrogens is 635 g/mol. The molecule has 4 nitrogen and oxygen atoms in total. The first-order valence-electron chi connectivity index (χ1n) is 17.8. The number of furan rings is 1. The van der Waals surface area contributed by atoms with Gasteiger partial charge in [0.1, 0.15) is 11.2 Å². The molecule has 0 saturated heterocycles. The second-order valence-corrected chi connectivity index (χ2v) is 12.6. The van der Waals surface area contributed by atoms with E-state index in [-0.39, 0.29) is 0 Å². The molecule has 0 spiro atoms. The van der Waals surface area contributed by atoms with Gasteiger partial charge in [0, 0.05) is 50.8 Å². The first-order chi connectivity index (χ1) is 25.8. The number of benzene rings is 6. The number of nitrogens with zero attached hydrogens (tertiary/aromatic N) is 3. The van der Waals surface area contributed by atoms with Crippen molar-refractivity contribution < 1.29 is 4.42 Å². The van der Waals surface area contributed by atoms with Crippen LogP contribution >= 0.6 is 0 Å². The molecule has 0 saturated carbocycles. The van der Waals surface area contributed by atoms with Crippen molar-refractivity contribution in [3.05, 3.63) is 176 Å². The van der Waals surface area contributed by atoms with Crippen molar-refractivity contribution in [2.45, 2.75) is 13.8 Å². The van der Waals surface area contributed by atoms with E-state index in [9.17, 15) is 0 Å². The lowest BCUT2D eigenvalue weighted by atomic mass is 9.94. The molecule has 4 heterocycles. The molecule has 4 heteroatoms. The molecule has 0 atom stereocenters. The predicted molar refractivity (Wildman–Crippen MR) is 217 cm³/mol. The smallest absolute Gasteiger partial charge is 0.135 e. The molecule has 10 aromatic rings. The van der Waals surface area contributed by atoms with E-state index in [1.54, 1.807) is 0 Å². The quantitative estimate of drug-likeness (QED) is 0.183. The normalized spacial score (nSPS) is 11.3. The maximum absolute atomic E-state index is 6.21. The Morgan fingerprint density at radius 3 is 1.46 bits per heavy atom. The highest BCUT2D eigenvalue weighted by atomic mass is 16.3. The van der Waals surface area contributed by atoms with Crippen molar-refractivity contribution in [3.63, 3.8) is 0 Å². The lowest BCUT2D eigenvalue weighted by Gasteiger charge is -2.11. The molecule has 0 fully saturated rings. The highest BCUT2D eigenvalue weighted by Crippen LogP contribution is 2.41. The Kier molecular flexibility index (Phi) is 7.90. The van der Waals surface area contributed by atoms with Crippen LogP contribution in [0.25, 0.3) is 94.2 Å². The number of para-hydroxylation sites is 1. The largest absolute Gasteiger partial charge is 0.456 e. The number of hydrogen-bond donors (Lipinski definition) is 0. The average Bonchev–Trinajstić information content (AvgIpc) is 3.77. The fraction of sp³-hybridized carbons (Fsp3) is 0.0417. The van der Waals surface area contributed by atoms with E-state index in [0.29, 0.717) is 0 Å². The highest BCUT2D eigenvalue weighted by molar-refractivity contribution is 6.13. The molecule has 0 aliphatic carbocycles. The molecule has 52 heavy (non-hydrogen) atoms. The minimum atomic E-state index is 0.887. The van der Waals surface area contributed by atoms with Gasteiger partial charge in [0.15, 0.2) is 0 Å². The summed E-state index contributed by atoms with van der Waals surface area (Å²) >= 11 is 0. The van der Waals surface area contributed by atoms with E-state index in [0.717, 1.165) is 83.4 Å². The Morgan fingerprint density at radius 2 is 0.904 bits per heavy atom. The number of pyridine rings is 2. The summed E-state index contributed by atoms with van der Waals surface area (Å²) in [6, 6.07) is 57.7. The Morgan fingerprint density at radius 1 is 0.404 bits per heavy atom. The third-order valence-electron chi connectivity index (χ3n) is 9.74. The van der Waals surface area contributed by atoms with E-state index in [1.807, 2.05) is 62.6 Å². The third-order valence-corrected chi connectivity index (χ3v) is 9.74. The van der Waals surface area contributed by atoms with Crippen LogP contribution in [0.5, 0.6) is 0 Å². The molecule has 6 aromatic carbocycles. The van der Waals surface area contributed by atoms with Gasteiger partial charge in [-0.3, -0.25) is 9.97 Å². The predicted octanol–water partition coefficient (Wildman–Crippen LogP) is 13.2. The summed E-state index contributed by atoms with van der Waals surface area (Å²) in [6.07, 6.45) is 3.71. The fourth-order valence-electron chi connectivity index (χ4n) is 7.45. The summed E-state index contributed by atoms with van der Waals surface area (Å²) in [5, 5.41) is 4.59. The molecule has 0 aliphatic heterocycles. The number of hydrogen-bond acceptors (Lipinski definition) is 3. The van der Waals surface area contributed by atoms with E-state index < -0.39 is 0 Å². The van der Waals surface area contributed by atoms with E-state index >= 15 is 0 Å². The molecule has 248 valence electrons. The first kappa shape index (κ1) is 31.2. The standard InChI is InChI=1S/C46H29N3O.C2H6/c1-3-13-35(41-16-7-9-25-47-41)33(11-1)30-19-22-43-38(27-30)39-28-31(34-12-2-4-14-36(34)42-17-8-10-26-48-42)20-23-44(39)49(43)32-21-24-46-40(29-32)37-15-5-6-18-45(37)50-46;1-2/h1-29H;1-2H3. The molecular formula is C48H35N3O. The SMILES string of the molecule is CC.c1ccc(-c2ccccc2-c2ccc3c(c2)c2cc(-c4ccccc4-c4ccccn4)ccc2n3-c2ccc3oc4ccccc4c3c2)nc1. The number of aromatic nitrogens is 3. The van der Waals surface area contributed by atoms with Crippen molar-refractivity contribution >= 4 is 43.7 Å². The zero-order chi connectivity index (χ0) is 35.0. The van der Waals surface area contributed by atoms with Crippen LogP contribution in [0.15, 0.2) is 181 Å². The van der Waals surface area contributed by atoms with Gasteiger partial charge in [0.2, 0.25) is 0 Å². The van der Waals surface area contributed by atoms with Gasteiger partial charge in [0.25, 0.3) is 0 Å². The summed E-state index contributed by atoms with van der Waals surface area (Å²) in [4.78, 5) is 9.39. The first-order valence-corrected chi connectivity index (χ1v) is 17.8. The van der Waals surface area contributed by atoms with Gasteiger partial charge in [-0.15, -0.1) is 0 Å². The van der Waals surface area contributed by atoms with E-state index in [1.165, 1.54) is 10.8 Å². The monoisotopic (exact) mass is 669 g/mol. The molecule has 0 bridgehead atoms. The Hall–Kier alpha value is -6.78. The van der Waals surface area contributed by atoms with Crippen molar-refractivity contribution in [3.8, 4) is 50.5 Å². The lowest BCUT2D eigenvalue weighted by molar-refractivity contribution is 0.669. The van der Waals surface area contributed by atoms with Crippen LogP contribution in [-0.4, -0.2) is 14.5 Å². The number of rotatable bonds is 5. The molecule has 0 amide bonds. The summed E-state index contributed by atoms with van der Waals surface area (Å²) in [7, 11) is 0. The van der Waals surface area contributed by atoms with Gasteiger partial charge in [-0.2, -0.15) is 0 Å². The topological polar surface area (TPSA) is 43.9 Å². The van der Waals surface area contributed by atoms with Crippen molar-refractivity contribution in [1.82, 2.24) is 14.5 Å². The minimum Gasteiger partial charge on any atom is -0.456 e. The lowest BCUT2D eigenvalue weighted by Crippen LogP contribution is -1.94. The zero-order valence-electron chi connectivity index (χ0n) is 29.0. The van der Waals surface area contributed by atoms with Crippen LogP contribution in [0.3, 0.4) is 0 Å². The Balaban J connectivity index is 0.00000177. The summed E-state index contributed by atoms with van der Waals surface area (Å²) < 4.78 is 8.59. The molecule has 0 radical (unpaired) electrons. The van der Waals surface area contributed by atoms with Gasteiger partial charge >= 0.3 is 0 Å². The summed E-state index contributed by atoms with van der Waals surface area (Å²) in [5.74, 6) is 0. The van der Waals surface area contributed by atoms with Gasteiger partial charge in [0.05, 0.1) is 22.4 Å². The molecule has 10 rings (SSSR count). The van der Waals surface area contributed by atoms with Crippen LogP contribution in [0.4, 0.5) is 0 Å². The highest BCUT2D eigenvalue weighted by Gasteiger charge is 2.18. The van der Waals surface area contributed by atoms with Crippen LogP contribution in [0.1, 0.15) is 13.8 Å². The van der Waals surface area contributed by atoms with Crippen molar-refractivity contribution in [2.75, 3.05) is 0 Å². The average molecular weight is 670 g/mol. The van der Waals surface area contributed by atoms with Gasteiger partial charge in [-0.05, 0) is 95.1 Å². The maximum atomic E-state index is 6.21. The van der Waals surface area contributed by atoms with Gasteiger partial charge < -0.3 is 8.98 Å². The fourth-order valence-corrected chi connectivity index (χ4v) is 7.45. The minimum absolute atomic E-state index is 0.887.